The molecule has 0 aliphatic carbocycles. The first-order valence-corrected chi connectivity index (χ1v) is 18.8. The van der Waals surface area contributed by atoms with E-state index < -0.39 is 17.6 Å². The molecular weight excluding hydrogens is 476 g/mol. The van der Waals surface area contributed by atoms with Crippen molar-refractivity contribution in [3.63, 3.8) is 0 Å². The van der Waals surface area contributed by atoms with Crippen LogP contribution in [0, 0.1) is 0 Å². The molecule has 212 valence electrons. The fourth-order valence-corrected chi connectivity index (χ4v) is 9.11. The second-order valence-corrected chi connectivity index (χ2v) is 14.9. The summed E-state index contributed by atoms with van der Waals surface area (Å²) in [5.74, 6) is 0. The third kappa shape index (κ3) is 18.1. The summed E-state index contributed by atoms with van der Waals surface area (Å²) in [4.78, 5) is 0. The van der Waals surface area contributed by atoms with Gasteiger partial charge in [-0.25, -0.2) is 0 Å². The molecule has 0 bridgehead atoms. The molecule has 0 atom stereocenters. The molecule has 0 rings (SSSR count). The molecule has 35 heavy (non-hydrogen) atoms. The maximum atomic E-state index is 6.46. The summed E-state index contributed by atoms with van der Waals surface area (Å²) in [6.45, 7) is 17.4. The Bertz CT molecular complexity index is 351. The number of rotatable bonds is 28. The van der Waals surface area contributed by atoms with Crippen molar-refractivity contribution < 1.29 is 26.6 Å². The molecule has 0 unspecified atom stereocenters. The van der Waals surface area contributed by atoms with E-state index in [0.29, 0.717) is 39.6 Å². The maximum absolute atomic E-state index is 6.46. The molecule has 0 radical (unpaired) electrons. The van der Waals surface area contributed by atoms with E-state index in [2.05, 4.69) is 41.5 Å². The number of hydrogen-bond donors (Lipinski definition) is 0. The molecule has 0 aromatic heterocycles. The number of hydrogen-bond acceptors (Lipinski definition) is 6. The summed E-state index contributed by atoms with van der Waals surface area (Å²) in [5, 5.41) is 0. The van der Waals surface area contributed by atoms with Crippen LogP contribution in [-0.4, -0.2) is 57.3 Å². The van der Waals surface area contributed by atoms with Crippen molar-refractivity contribution in [2.75, 3.05) is 39.6 Å². The van der Waals surface area contributed by atoms with E-state index in [1.54, 1.807) is 0 Å². The van der Waals surface area contributed by atoms with Gasteiger partial charge in [0.05, 0.1) is 0 Å². The summed E-state index contributed by atoms with van der Waals surface area (Å²) in [7, 11) is -5.53. The molecular formula is C27H60O6Si2. The Morgan fingerprint density at radius 2 is 0.514 bits per heavy atom. The zero-order chi connectivity index (χ0) is 26.1. The van der Waals surface area contributed by atoms with Crippen molar-refractivity contribution in [1.82, 2.24) is 0 Å². The van der Waals surface area contributed by atoms with Crippen LogP contribution in [0.4, 0.5) is 0 Å². The van der Waals surface area contributed by atoms with Crippen LogP contribution in [0.15, 0.2) is 0 Å². The first kappa shape index (κ1) is 35.2. The minimum absolute atomic E-state index is 0.705. The van der Waals surface area contributed by atoms with Gasteiger partial charge in [-0.15, -0.1) is 0 Å². The Morgan fingerprint density at radius 3 is 0.686 bits per heavy atom. The van der Waals surface area contributed by atoms with Gasteiger partial charge >= 0.3 is 17.6 Å². The van der Waals surface area contributed by atoms with Gasteiger partial charge in [-0.3, -0.25) is 0 Å². The molecule has 0 aliphatic rings. The van der Waals surface area contributed by atoms with Crippen LogP contribution in [0.1, 0.15) is 125 Å². The van der Waals surface area contributed by atoms with Crippen molar-refractivity contribution in [1.29, 1.82) is 0 Å². The lowest BCUT2D eigenvalue weighted by atomic mass is 10.4. The van der Waals surface area contributed by atoms with E-state index in [-0.39, 0.29) is 0 Å². The van der Waals surface area contributed by atoms with E-state index >= 15 is 0 Å². The van der Waals surface area contributed by atoms with Crippen LogP contribution in [0.25, 0.3) is 0 Å². The summed E-state index contributed by atoms with van der Waals surface area (Å²) in [6, 6.07) is 1.59. The third-order valence-electron chi connectivity index (χ3n) is 5.89. The molecule has 8 heteroatoms. The predicted octanol–water partition coefficient (Wildman–Crippen LogP) is 8.15. The topological polar surface area (TPSA) is 55.4 Å². The highest BCUT2D eigenvalue weighted by molar-refractivity contribution is 6.62. The first-order chi connectivity index (χ1) is 17.1. The van der Waals surface area contributed by atoms with Gasteiger partial charge in [0.25, 0.3) is 0 Å². The van der Waals surface area contributed by atoms with E-state index in [9.17, 15) is 0 Å². The SMILES string of the molecule is CCCCO[Si](CCC[Si](OCCCC)(OCCCC)OCCCC)(OCCCC)OCCCC. The van der Waals surface area contributed by atoms with Crippen LogP contribution in [-0.2, 0) is 26.6 Å². The van der Waals surface area contributed by atoms with Crippen molar-refractivity contribution in [2.45, 2.75) is 137 Å². The highest BCUT2D eigenvalue weighted by Gasteiger charge is 2.45. The number of unbranched alkanes of at least 4 members (excludes halogenated alkanes) is 6. The van der Waals surface area contributed by atoms with Gasteiger partial charge in [0, 0.05) is 51.7 Å². The molecule has 0 aromatic carbocycles. The molecule has 0 saturated heterocycles. The smallest absolute Gasteiger partial charge is 0.373 e. The quantitative estimate of drug-likeness (QED) is 0.0742. The fourth-order valence-electron chi connectivity index (χ4n) is 3.44. The Hall–Kier alpha value is 0.194. The van der Waals surface area contributed by atoms with Gasteiger partial charge in [-0.1, -0.05) is 80.1 Å². The summed E-state index contributed by atoms with van der Waals surface area (Å²) < 4.78 is 38.8. The van der Waals surface area contributed by atoms with E-state index in [1.165, 1.54) is 0 Å². The average molecular weight is 537 g/mol. The summed E-state index contributed by atoms with van der Waals surface area (Å²) in [6.07, 6.45) is 13.7. The van der Waals surface area contributed by atoms with Crippen LogP contribution < -0.4 is 0 Å². The Balaban J connectivity index is 5.49. The molecule has 0 aromatic rings. The molecule has 0 heterocycles. The lowest BCUT2D eigenvalue weighted by Crippen LogP contribution is -2.49. The standard InChI is InChI=1S/C27H60O6Si2/c1-7-13-20-28-34(29-21-14-8-2,30-22-15-9-3)26-19-27-35(31-23-16-10-4,32-24-17-11-5)33-25-18-12-6/h7-27H2,1-6H3. The lowest BCUT2D eigenvalue weighted by Gasteiger charge is -2.33. The molecule has 0 fully saturated rings. The third-order valence-corrected chi connectivity index (χ3v) is 11.7. The van der Waals surface area contributed by atoms with E-state index in [1.807, 2.05) is 0 Å². The van der Waals surface area contributed by atoms with Crippen LogP contribution in [0.5, 0.6) is 0 Å². The van der Waals surface area contributed by atoms with Gasteiger partial charge in [0.1, 0.15) is 0 Å². The lowest BCUT2D eigenvalue weighted by molar-refractivity contribution is 0.0504. The molecule has 0 saturated carbocycles. The van der Waals surface area contributed by atoms with Gasteiger partial charge in [0.2, 0.25) is 0 Å². The second-order valence-electron chi connectivity index (χ2n) is 9.43. The van der Waals surface area contributed by atoms with Crippen LogP contribution in [0.3, 0.4) is 0 Å². The highest BCUT2D eigenvalue weighted by atomic mass is 28.4. The average Bonchev–Trinajstić information content (AvgIpc) is 2.85. The molecule has 0 spiro atoms. The molecule has 6 nitrogen and oxygen atoms in total. The second kappa shape index (κ2) is 24.5. The minimum Gasteiger partial charge on any atom is -0.373 e. The van der Waals surface area contributed by atoms with Crippen molar-refractivity contribution in [3.05, 3.63) is 0 Å². The Morgan fingerprint density at radius 1 is 0.314 bits per heavy atom. The zero-order valence-electron chi connectivity index (χ0n) is 24.3. The zero-order valence-corrected chi connectivity index (χ0v) is 26.3. The largest absolute Gasteiger partial charge is 0.500 e. The maximum Gasteiger partial charge on any atom is 0.500 e. The highest BCUT2D eigenvalue weighted by Crippen LogP contribution is 2.27. The summed E-state index contributed by atoms with van der Waals surface area (Å²) >= 11 is 0. The minimum atomic E-state index is -2.77. The monoisotopic (exact) mass is 536 g/mol. The van der Waals surface area contributed by atoms with Gasteiger partial charge in [0.15, 0.2) is 0 Å². The predicted molar refractivity (Wildman–Crippen MR) is 151 cm³/mol. The van der Waals surface area contributed by atoms with Crippen LogP contribution in [0.2, 0.25) is 12.1 Å². The van der Waals surface area contributed by atoms with Gasteiger partial charge in [-0.2, -0.15) is 0 Å². The molecule has 0 N–H and O–H groups in total. The van der Waals surface area contributed by atoms with E-state index in [4.69, 9.17) is 26.6 Å². The normalized spacial score (nSPS) is 12.5. The van der Waals surface area contributed by atoms with Gasteiger partial charge < -0.3 is 26.6 Å². The van der Waals surface area contributed by atoms with Crippen molar-refractivity contribution in [3.8, 4) is 0 Å². The first-order valence-electron chi connectivity index (χ1n) is 14.9. The van der Waals surface area contributed by atoms with Crippen molar-refractivity contribution >= 4 is 17.6 Å². The Kier molecular flexibility index (Phi) is 24.7. The van der Waals surface area contributed by atoms with Crippen molar-refractivity contribution in [2.24, 2.45) is 0 Å². The fraction of sp³-hybridized carbons (Fsp3) is 1.00. The summed E-state index contributed by atoms with van der Waals surface area (Å²) in [5.41, 5.74) is 0. The van der Waals surface area contributed by atoms with Gasteiger partial charge in [-0.05, 0) is 44.9 Å². The van der Waals surface area contributed by atoms with Crippen LogP contribution >= 0.6 is 0 Å². The Labute approximate surface area is 220 Å². The molecule has 0 amide bonds. The molecule has 0 aliphatic heterocycles. The van der Waals surface area contributed by atoms with E-state index in [0.717, 1.165) is 95.6 Å².